The molecule has 1 fully saturated rings. The van der Waals surface area contributed by atoms with Crippen molar-refractivity contribution >= 4 is 56.6 Å². The fourth-order valence-corrected chi connectivity index (χ4v) is 5.97. The minimum atomic E-state index is -3.69. The predicted octanol–water partition coefficient (Wildman–Crippen LogP) is 3.94. The highest BCUT2D eigenvalue weighted by Crippen LogP contribution is 2.30. The van der Waals surface area contributed by atoms with Gasteiger partial charge in [0, 0.05) is 27.6 Å². The molecule has 0 unspecified atom stereocenters. The number of sulfonamides is 1. The van der Waals surface area contributed by atoms with Crippen LogP contribution in [0.1, 0.15) is 32.6 Å². The summed E-state index contributed by atoms with van der Waals surface area (Å²) in [5, 5.41) is 4.13. The van der Waals surface area contributed by atoms with Crippen molar-refractivity contribution in [2.45, 2.75) is 43.9 Å². The minimum absolute atomic E-state index is 0.271. The van der Waals surface area contributed by atoms with Gasteiger partial charge in [0.05, 0.1) is 11.9 Å². The number of thioether (sulfide) groups is 1. The molecule has 1 aromatic carbocycles. The Hall–Kier alpha value is -0.630. The molecule has 1 aromatic rings. The number of rotatable bonds is 8. The Morgan fingerprint density at radius 2 is 1.85 bits per heavy atom. The zero-order chi connectivity index (χ0) is 19.3. The van der Waals surface area contributed by atoms with Crippen molar-refractivity contribution in [1.82, 2.24) is 5.32 Å². The van der Waals surface area contributed by atoms with E-state index >= 15 is 0 Å². The summed E-state index contributed by atoms with van der Waals surface area (Å²) in [4.78, 5) is 12.5. The molecule has 1 aliphatic carbocycles. The van der Waals surface area contributed by atoms with Gasteiger partial charge in [-0.15, -0.1) is 0 Å². The lowest BCUT2D eigenvalue weighted by molar-refractivity contribution is -0.121. The van der Waals surface area contributed by atoms with E-state index in [1.165, 1.54) is 43.9 Å². The van der Waals surface area contributed by atoms with Crippen LogP contribution >= 0.6 is 35.0 Å². The fraction of sp³-hybridized carbons (Fsp3) is 0.588. The van der Waals surface area contributed by atoms with Crippen molar-refractivity contribution in [2.75, 3.05) is 22.9 Å². The van der Waals surface area contributed by atoms with Gasteiger partial charge in [-0.2, -0.15) is 11.8 Å². The van der Waals surface area contributed by atoms with E-state index in [-0.39, 0.29) is 11.6 Å². The normalized spacial score (nSPS) is 16.5. The molecule has 1 aliphatic rings. The first kappa shape index (κ1) is 21.7. The van der Waals surface area contributed by atoms with Gasteiger partial charge in [0.1, 0.15) is 6.04 Å². The molecule has 2 rings (SSSR count). The van der Waals surface area contributed by atoms with Gasteiger partial charge in [-0.1, -0.05) is 36.0 Å². The van der Waals surface area contributed by atoms with Crippen LogP contribution in [-0.2, 0) is 14.8 Å². The van der Waals surface area contributed by atoms with Crippen LogP contribution in [0.5, 0.6) is 0 Å². The largest absolute Gasteiger partial charge is 0.353 e. The molecule has 1 amide bonds. The van der Waals surface area contributed by atoms with Crippen molar-refractivity contribution in [3.05, 3.63) is 28.2 Å². The second kappa shape index (κ2) is 9.53. The molecule has 1 saturated carbocycles. The molecule has 0 bridgehead atoms. The van der Waals surface area contributed by atoms with Crippen LogP contribution in [0.2, 0.25) is 10.0 Å². The Morgan fingerprint density at radius 1 is 1.27 bits per heavy atom. The number of benzene rings is 1. The van der Waals surface area contributed by atoms with Crippen LogP contribution in [-0.4, -0.2) is 44.2 Å². The van der Waals surface area contributed by atoms with Crippen molar-refractivity contribution < 1.29 is 13.2 Å². The first-order valence-electron chi connectivity index (χ1n) is 8.53. The van der Waals surface area contributed by atoms with Gasteiger partial charge in [0.15, 0.2) is 0 Å². The van der Waals surface area contributed by atoms with Gasteiger partial charge in [-0.05, 0) is 38.0 Å². The summed E-state index contributed by atoms with van der Waals surface area (Å²) in [7, 11) is -3.69. The lowest BCUT2D eigenvalue weighted by Gasteiger charge is -2.28. The number of amides is 1. The first-order chi connectivity index (χ1) is 12.2. The Balaban J connectivity index is 2.01. The van der Waals surface area contributed by atoms with Crippen molar-refractivity contribution in [2.24, 2.45) is 0 Å². The molecule has 5 nitrogen and oxygen atoms in total. The third-order valence-electron chi connectivity index (χ3n) is 4.25. The number of nitrogens with one attached hydrogen (secondary N) is 1. The molecule has 0 saturated heterocycles. The molecule has 0 radical (unpaired) electrons. The number of carbonyl (C=O) groups excluding carboxylic acids is 1. The van der Waals surface area contributed by atoms with E-state index in [1.54, 1.807) is 6.92 Å². The molecule has 26 heavy (non-hydrogen) atoms. The lowest BCUT2D eigenvalue weighted by Crippen LogP contribution is -2.48. The topological polar surface area (TPSA) is 66.5 Å². The predicted molar refractivity (Wildman–Crippen MR) is 111 cm³/mol. The number of halogens is 2. The molecule has 0 heterocycles. The Morgan fingerprint density at radius 3 is 2.38 bits per heavy atom. The highest BCUT2D eigenvalue weighted by molar-refractivity contribution is 7.99. The number of carbonyl (C=O) groups is 1. The van der Waals surface area contributed by atoms with Crippen LogP contribution < -0.4 is 9.62 Å². The summed E-state index contributed by atoms with van der Waals surface area (Å²) in [6, 6.07) is 3.57. The molecule has 0 aromatic heterocycles. The van der Waals surface area contributed by atoms with Gasteiger partial charge < -0.3 is 5.32 Å². The Bertz CT molecular complexity index is 717. The molecular weight excluding hydrogens is 415 g/mol. The van der Waals surface area contributed by atoms with E-state index < -0.39 is 16.1 Å². The summed E-state index contributed by atoms with van der Waals surface area (Å²) in [5.41, 5.74) is 0.271. The summed E-state index contributed by atoms with van der Waals surface area (Å²) in [6.07, 6.45) is 6.11. The summed E-state index contributed by atoms with van der Waals surface area (Å²) in [5.74, 6) is 0.476. The average molecular weight is 439 g/mol. The van der Waals surface area contributed by atoms with Crippen LogP contribution in [0.3, 0.4) is 0 Å². The Labute approximate surface area is 169 Å². The molecule has 0 aliphatic heterocycles. The van der Waals surface area contributed by atoms with Gasteiger partial charge in [0.25, 0.3) is 0 Å². The zero-order valence-electron chi connectivity index (χ0n) is 14.9. The van der Waals surface area contributed by atoms with Crippen LogP contribution in [0, 0.1) is 0 Å². The standard InChI is InChI=1S/C17H24Cl2N2O3S2/c1-12(17(22)20-7-8-25-16-5-3-4-6-16)21(26(2,23)24)15-10-13(18)9-14(19)11-15/h9-12,16H,3-8H2,1-2H3,(H,20,22)/t12-/m0/s1. The molecular formula is C17H24Cl2N2O3S2. The summed E-state index contributed by atoms with van der Waals surface area (Å²) >= 11 is 13.8. The second-order valence-electron chi connectivity index (χ2n) is 6.43. The van der Waals surface area contributed by atoms with E-state index in [2.05, 4.69) is 5.32 Å². The van der Waals surface area contributed by atoms with E-state index in [4.69, 9.17) is 23.2 Å². The van der Waals surface area contributed by atoms with E-state index in [9.17, 15) is 13.2 Å². The van der Waals surface area contributed by atoms with Gasteiger partial charge >= 0.3 is 0 Å². The zero-order valence-corrected chi connectivity index (χ0v) is 18.0. The van der Waals surface area contributed by atoms with Crippen LogP contribution in [0.4, 0.5) is 5.69 Å². The van der Waals surface area contributed by atoms with Gasteiger partial charge in [0.2, 0.25) is 15.9 Å². The van der Waals surface area contributed by atoms with Crippen LogP contribution in [0.15, 0.2) is 18.2 Å². The number of hydrogen-bond donors (Lipinski definition) is 1. The first-order valence-corrected chi connectivity index (χ1v) is 12.2. The number of nitrogens with zero attached hydrogens (tertiary/aromatic N) is 1. The van der Waals surface area contributed by atoms with E-state index in [0.29, 0.717) is 21.8 Å². The third-order valence-corrected chi connectivity index (χ3v) is 7.31. The maximum Gasteiger partial charge on any atom is 0.243 e. The summed E-state index contributed by atoms with van der Waals surface area (Å²) in [6.45, 7) is 2.06. The monoisotopic (exact) mass is 438 g/mol. The van der Waals surface area contributed by atoms with E-state index in [1.807, 2.05) is 11.8 Å². The highest BCUT2D eigenvalue weighted by atomic mass is 35.5. The van der Waals surface area contributed by atoms with Gasteiger partial charge in [-0.25, -0.2) is 8.42 Å². The SMILES string of the molecule is C[C@@H](C(=O)NCCSC1CCCC1)N(c1cc(Cl)cc(Cl)c1)S(C)(=O)=O. The fourth-order valence-electron chi connectivity index (χ4n) is 3.08. The Kier molecular flexibility index (Phi) is 7.94. The van der Waals surface area contributed by atoms with E-state index in [0.717, 1.165) is 16.3 Å². The molecule has 146 valence electrons. The minimum Gasteiger partial charge on any atom is -0.353 e. The quantitative estimate of drug-likeness (QED) is 0.624. The molecule has 0 spiro atoms. The van der Waals surface area contributed by atoms with Gasteiger partial charge in [-0.3, -0.25) is 9.10 Å². The van der Waals surface area contributed by atoms with Crippen molar-refractivity contribution in [1.29, 1.82) is 0 Å². The molecule has 9 heteroatoms. The maximum absolute atomic E-state index is 12.5. The molecule has 1 atom stereocenters. The van der Waals surface area contributed by atoms with Crippen molar-refractivity contribution in [3.8, 4) is 0 Å². The molecule has 1 N–H and O–H groups in total. The maximum atomic E-state index is 12.5. The van der Waals surface area contributed by atoms with Crippen molar-refractivity contribution in [3.63, 3.8) is 0 Å². The smallest absolute Gasteiger partial charge is 0.243 e. The average Bonchev–Trinajstić information content (AvgIpc) is 3.02. The lowest BCUT2D eigenvalue weighted by atomic mass is 10.2. The highest BCUT2D eigenvalue weighted by Gasteiger charge is 2.29. The number of hydrogen-bond acceptors (Lipinski definition) is 4. The number of anilines is 1. The summed E-state index contributed by atoms with van der Waals surface area (Å²) < 4.78 is 25.6. The van der Waals surface area contributed by atoms with Crippen LogP contribution in [0.25, 0.3) is 0 Å². The second-order valence-corrected chi connectivity index (χ2v) is 10.6. The third kappa shape index (κ3) is 6.22.